The van der Waals surface area contributed by atoms with Gasteiger partial charge in [-0.25, -0.2) is 12.8 Å². The number of carbonyl (C=O) groups is 1. The van der Waals surface area contributed by atoms with Crippen LogP contribution in [0.5, 0.6) is 0 Å². The molecular formula is C13H12FNO4S. The minimum atomic E-state index is -3.55. The molecule has 0 aliphatic carbocycles. The van der Waals surface area contributed by atoms with Crippen molar-refractivity contribution in [2.24, 2.45) is 0 Å². The van der Waals surface area contributed by atoms with Gasteiger partial charge in [0.25, 0.3) is 5.91 Å². The summed E-state index contributed by atoms with van der Waals surface area (Å²) in [5, 5.41) is 2.44. The van der Waals surface area contributed by atoms with Crippen molar-refractivity contribution in [3.63, 3.8) is 0 Å². The highest BCUT2D eigenvalue weighted by Crippen LogP contribution is 2.11. The van der Waals surface area contributed by atoms with Crippen molar-refractivity contribution >= 4 is 15.7 Å². The van der Waals surface area contributed by atoms with E-state index in [1.54, 1.807) is 6.07 Å². The zero-order valence-corrected chi connectivity index (χ0v) is 11.2. The van der Waals surface area contributed by atoms with Gasteiger partial charge >= 0.3 is 0 Å². The maximum Gasteiger partial charge on any atom is 0.287 e. The second kappa shape index (κ2) is 5.87. The Hall–Kier alpha value is -2.15. The van der Waals surface area contributed by atoms with Crippen molar-refractivity contribution in [2.45, 2.75) is 4.90 Å². The summed E-state index contributed by atoms with van der Waals surface area (Å²) in [5.74, 6) is -1.14. The highest BCUT2D eigenvalue weighted by Gasteiger charge is 2.15. The molecule has 0 spiro atoms. The molecule has 7 heteroatoms. The van der Waals surface area contributed by atoms with Crippen molar-refractivity contribution in [3.05, 3.63) is 54.2 Å². The fourth-order valence-corrected chi connectivity index (χ4v) is 2.71. The first-order valence-electron chi connectivity index (χ1n) is 5.79. The lowest BCUT2D eigenvalue weighted by atomic mass is 10.4. The minimum Gasteiger partial charge on any atom is -0.459 e. The van der Waals surface area contributed by atoms with Gasteiger partial charge in [-0.05, 0) is 36.4 Å². The topological polar surface area (TPSA) is 76.4 Å². The fraction of sp³-hybridized carbons (Fsp3) is 0.154. The summed E-state index contributed by atoms with van der Waals surface area (Å²) in [5.41, 5.74) is 0. The predicted molar refractivity (Wildman–Crippen MR) is 69.5 cm³/mol. The molecule has 0 saturated heterocycles. The van der Waals surface area contributed by atoms with Crippen LogP contribution >= 0.6 is 0 Å². The molecule has 1 heterocycles. The Bertz CT molecular complexity index is 678. The van der Waals surface area contributed by atoms with Gasteiger partial charge in [0.15, 0.2) is 15.6 Å². The molecule has 1 N–H and O–H groups in total. The van der Waals surface area contributed by atoms with E-state index >= 15 is 0 Å². The zero-order chi connectivity index (χ0) is 14.6. The van der Waals surface area contributed by atoms with Crippen LogP contribution in [0.25, 0.3) is 0 Å². The number of hydrogen-bond donors (Lipinski definition) is 1. The number of halogens is 1. The molecule has 106 valence electrons. The summed E-state index contributed by atoms with van der Waals surface area (Å²) in [6, 6.07) is 7.58. The lowest BCUT2D eigenvalue weighted by molar-refractivity contribution is 0.0928. The van der Waals surface area contributed by atoms with Crippen molar-refractivity contribution in [2.75, 3.05) is 12.3 Å². The first kappa shape index (κ1) is 14.3. The second-order valence-electron chi connectivity index (χ2n) is 4.01. The van der Waals surface area contributed by atoms with E-state index in [0.717, 1.165) is 12.1 Å². The minimum absolute atomic E-state index is 0.0196. The van der Waals surface area contributed by atoms with Gasteiger partial charge < -0.3 is 9.73 Å². The van der Waals surface area contributed by atoms with Crippen molar-refractivity contribution < 1.29 is 22.0 Å². The first-order valence-corrected chi connectivity index (χ1v) is 7.44. The monoisotopic (exact) mass is 297 g/mol. The van der Waals surface area contributed by atoms with E-state index in [1.807, 2.05) is 0 Å². The molecule has 0 atom stereocenters. The third-order valence-corrected chi connectivity index (χ3v) is 4.31. The third-order valence-electron chi connectivity index (χ3n) is 2.57. The van der Waals surface area contributed by atoms with E-state index in [0.29, 0.717) is 0 Å². The summed E-state index contributed by atoms with van der Waals surface area (Å²) in [6.07, 6.45) is 1.35. The van der Waals surface area contributed by atoms with E-state index in [-0.39, 0.29) is 23.0 Å². The number of hydrogen-bond acceptors (Lipinski definition) is 4. The van der Waals surface area contributed by atoms with Gasteiger partial charge in [0.1, 0.15) is 5.82 Å². The molecule has 0 fully saturated rings. The van der Waals surface area contributed by atoms with Gasteiger partial charge in [-0.1, -0.05) is 0 Å². The summed E-state index contributed by atoms with van der Waals surface area (Å²) in [4.78, 5) is 11.5. The van der Waals surface area contributed by atoms with Gasteiger partial charge in [0, 0.05) is 6.54 Å². The van der Waals surface area contributed by atoms with Crippen LogP contribution < -0.4 is 5.32 Å². The molecule has 2 rings (SSSR count). The third kappa shape index (κ3) is 3.45. The molecular weight excluding hydrogens is 285 g/mol. The summed E-state index contributed by atoms with van der Waals surface area (Å²) in [7, 11) is -3.55. The second-order valence-corrected chi connectivity index (χ2v) is 6.12. The Morgan fingerprint density at radius 1 is 1.20 bits per heavy atom. The van der Waals surface area contributed by atoms with Crippen molar-refractivity contribution in [1.82, 2.24) is 5.32 Å². The highest BCUT2D eigenvalue weighted by molar-refractivity contribution is 7.91. The lowest BCUT2D eigenvalue weighted by Gasteiger charge is -2.05. The molecule has 1 aromatic heterocycles. The predicted octanol–water partition coefficient (Wildman–Crippen LogP) is 1.62. The fourth-order valence-electron chi connectivity index (χ4n) is 1.55. The molecule has 0 radical (unpaired) electrons. The molecule has 0 saturated carbocycles. The number of rotatable bonds is 5. The molecule has 0 aliphatic heterocycles. The maximum absolute atomic E-state index is 12.7. The quantitative estimate of drug-likeness (QED) is 0.851. The normalized spacial score (nSPS) is 11.2. The average Bonchev–Trinajstić information content (AvgIpc) is 2.93. The Labute approximate surface area is 115 Å². The number of nitrogens with one attached hydrogen (secondary N) is 1. The Balaban J connectivity index is 1.93. The maximum atomic E-state index is 12.7. The van der Waals surface area contributed by atoms with E-state index in [9.17, 15) is 17.6 Å². The average molecular weight is 297 g/mol. The smallest absolute Gasteiger partial charge is 0.287 e. The first-order chi connectivity index (χ1) is 9.49. The summed E-state index contributed by atoms with van der Waals surface area (Å²) in [6.45, 7) is -0.0563. The summed E-state index contributed by atoms with van der Waals surface area (Å²) >= 11 is 0. The molecule has 20 heavy (non-hydrogen) atoms. The van der Waals surface area contributed by atoms with E-state index in [2.05, 4.69) is 5.32 Å². The van der Waals surface area contributed by atoms with Crippen LogP contribution in [0.1, 0.15) is 10.6 Å². The highest BCUT2D eigenvalue weighted by atomic mass is 32.2. The Morgan fingerprint density at radius 2 is 1.90 bits per heavy atom. The number of furan rings is 1. The van der Waals surface area contributed by atoms with E-state index in [4.69, 9.17) is 4.42 Å². The summed E-state index contributed by atoms with van der Waals surface area (Å²) < 4.78 is 41.4. The van der Waals surface area contributed by atoms with Gasteiger partial charge in [-0.2, -0.15) is 0 Å². The van der Waals surface area contributed by atoms with Crippen LogP contribution in [0.15, 0.2) is 52.0 Å². The lowest BCUT2D eigenvalue weighted by Crippen LogP contribution is -2.28. The molecule has 2 aromatic rings. The molecule has 1 aromatic carbocycles. The van der Waals surface area contributed by atoms with Crippen LogP contribution in [0, 0.1) is 5.82 Å². The van der Waals surface area contributed by atoms with E-state index in [1.165, 1.54) is 24.5 Å². The van der Waals surface area contributed by atoms with Gasteiger partial charge in [-0.3, -0.25) is 4.79 Å². The SMILES string of the molecule is O=C(NCCS(=O)(=O)c1ccc(F)cc1)c1ccco1. The molecule has 0 unspecified atom stereocenters. The van der Waals surface area contributed by atoms with Crippen molar-refractivity contribution in [3.8, 4) is 0 Å². The standard InChI is InChI=1S/C13H12FNO4S/c14-10-3-5-11(6-4-10)20(17,18)9-7-15-13(16)12-2-1-8-19-12/h1-6,8H,7,9H2,(H,15,16). The number of sulfone groups is 1. The van der Waals surface area contributed by atoms with Crippen LogP contribution in [-0.2, 0) is 9.84 Å². The largest absolute Gasteiger partial charge is 0.459 e. The molecule has 0 bridgehead atoms. The van der Waals surface area contributed by atoms with Gasteiger partial charge in [0.2, 0.25) is 0 Å². The van der Waals surface area contributed by atoms with E-state index < -0.39 is 21.6 Å². The van der Waals surface area contributed by atoms with Gasteiger partial charge in [0.05, 0.1) is 16.9 Å². The Kier molecular flexibility index (Phi) is 4.19. The van der Waals surface area contributed by atoms with Crippen molar-refractivity contribution in [1.29, 1.82) is 0 Å². The molecule has 1 amide bonds. The number of benzene rings is 1. The number of amides is 1. The molecule has 0 aliphatic rings. The van der Waals surface area contributed by atoms with Gasteiger partial charge in [-0.15, -0.1) is 0 Å². The molecule has 5 nitrogen and oxygen atoms in total. The number of carbonyl (C=O) groups excluding carboxylic acids is 1. The van der Waals surface area contributed by atoms with Crippen LogP contribution in [0.4, 0.5) is 4.39 Å². The Morgan fingerprint density at radius 3 is 2.50 bits per heavy atom. The van der Waals surface area contributed by atoms with Crippen LogP contribution in [0.3, 0.4) is 0 Å². The zero-order valence-electron chi connectivity index (χ0n) is 10.4. The van der Waals surface area contributed by atoms with Crippen LogP contribution in [-0.4, -0.2) is 26.6 Å². The van der Waals surface area contributed by atoms with Crippen LogP contribution in [0.2, 0.25) is 0 Å².